The Morgan fingerprint density at radius 2 is 1.66 bits per heavy atom. The Labute approximate surface area is 207 Å². The van der Waals surface area contributed by atoms with Gasteiger partial charge in [-0.2, -0.15) is 5.26 Å². The number of aromatic hydroxyl groups is 1. The van der Waals surface area contributed by atoms with Crippen molar-refractivity contribution in [2.75, 3.05) is 23.3 Å². The standard InChI is InChI=1S/C29H33N5O/c30-19-21-7-11-25(12-8-21)34-17-3-4-24(20-34)32-27-5-1-2-6-28(27)33-29-18-23(15-16-31-29)22-9-13-26(35)14-10-22/h7-16,18,24,27-28,32,35H,1-6,17,20H2,(H,31,33). The highest BCUT2D eigenvalue weighted by molar-refractivity contribution is 5.67. The number of phenols is 1. The summed E-state index contributed by atoms with van der Waals surface area (Å²) in [6.45, 7) is 2.05. The SMILES string of the molecule is N#Cc1ccc(N2CCCC(NC3CCCCC3Nc3cc(-c4ccc(O)cc4)ccn3)C2)cc1. The van der Waals surface area contributed by atoms with E-state index >= 15 is 0 Å². The lowest BCUT2D eigenvalue weighted by Crippen LogP contribution is -2.54. The number of hydrogen-bond donors (Lipinski definition) is 3. The molecule has 2 aromatic carbocycles. The zero-order valence-electron chi connectivity index (χ0n) is 20.0. The number of nitrogens with one attached hydrogen (secondary N) is 2. The van der Waals surface area contributed by atoms with Crippen molar-refractivity contribution in [3.63, 3.8) is 0 Å². The summed E-state index contributed by atoms with van der Waals surface area (Å²) in [5, 5.41) is 26.4. The molecule has 5 rings (SSSR count). The van der Waals surface area contributed by atoms with E-state index in [9.17, 15) is 5.11 Å². The molecule has 2 fully saturated rings. The fourth-order valence-electron chi connectivity index (χ4n) is 5.43. The largest absolute Gasteiger partial charge is 0.508 e. The van der Waals surface area contributed by atoms with Crippen molar-refractivity contribution in [3.05, 3.63) is 72.4 Å². The number of nitrogens with zero attached hydrogens (tertiary/aromatic N) is 3. The molecule has 1 aliphatic heterocycles. The molecular weight excluding hydrogens is 434 g/mol. The fraction of sp³-hybridized carbons (Fsp3) is 0.379. The summed E-state index contributed by atoms with van der Waals surface area (Å²) in [6.07, 6.45) is 8.99. The van der Waals surface area contributed by atoms with Crippen LogP contribution in [-0.2, 0) is 0 Å². The molecule has 35 heavy (non-hydrogen) atoms. The summed E-state index contributed by atoms with van der Waals surface area (Å²) in [7, 11) is 0. The van der Waals surface area contributed by atoms with Crippen LogP contribution >= 0.6 is 0 Å². The normalized spacial score (nSPS) is 22.4. The summed E-state index contributed by atoms with van der Waals surface area (Å²) in [6, 6.07) is 22.8. The van der Waals surface area contributed by atoms with Gasteiger partial charge in [-0.15, -0.1) is 0 Å². The van der Waals surface area contributed by atoms with Crippen LogP contribution in [0.25, 0.3) is 11.1 Å². The van der Waals surface area contributed by atoms with Gasteiger partial charge in [-0.1, -0.05) is 25.0 Å². The quantitative estimate of drug-likeness (QED) is 0.456. The molecule has 0 bridgehead atoms. The summed E-state index contributed by atoms with van der Waals surface area (Å²) in [5.41, 5.74) is 4.06. The fourth-order valence-corrected chi connectivity index (χ4v) is 5.43. The maximum Gasteiger partial charge on any atom is 0.126 e. The second-order valence-electron chi connectivity index (χ2n) is 9.73. The van der Waals surface area contributed by atoms with E-state index in [4.69, 9.17) is 5.26 Å². The van der Waals surface area contributed by atoms with Crippen LogP contribution in [0.15, 0.2) is 66.9 Å². The predicted octanol–water partition coefficient (Wildman–Crippen LogP) is 5.31. The van der Waals surface area contributed by atoms with Crippen LogP contribution in [-0.4, -0.2) is 41.3 Å². The number of rotatable bonds is 6. The number of pyridine rings is 1. The highest BCUT2D eigenvalue weighted by atomic mass is 16.3. The van der Waals surface area contributed by atoms with Crippen LogP contribution < -0.4 is 15.5 Å². The Hall–Kier alpha value is -3.56. The van der Waals surface area contributed by atoms with Crippen LogP contribution in [0.1, 0.15) is 44.1 Å². The topological polar surface area (TPSA) is 84.2 Å². The molecule has 1 saturated carbocycles. The van der Waals surface area contributed by atoms with Crippen molar-refractivity contribution in [3.8, 4) is 22.9 Å². The monoisotopic (exact) mass is 467 g/mol. The van der Waals surface area contributed by atoms with Gasteiger partial charge in [-0.25, -0.2) is 4.98 Å². The molecule has 6 heteroatoms. The van der Waals surface area contributed by atoms with Crippen LogP contribution in [0.5, 0.6) is 5.75 Å². The Bertz CT molecular complexity index is 1150. The lowest BCUT2D eigenvalue weighted by atomic mass is 9.89. The Morgan fingerprint density at radius 1 is 0.886 bits per heavy atom. The second-order valence-corrected chi connectivity index (χ2v) is 9.73. The minimum absolute atomic E-state index is 0.276. The van der Waals surface area contributed by atoms with Gasteiger partial charge in [0.25, 0.3) is 0 Å². The molecule has 2 aliphatic rings. The number of anilines is 2. The molecule has 3 N–H and O–H groups in total. The molecule has 3 aromatic rings. The van der Waals surface area contributed by atoms with E-state index in [1.165, 1.54) is 37.8 Å². The highest BCUT2D eigenvalue weighted by Crippen LogP contribution is 2.27. The first-order valence-electron chi connectivity index (χ1n) is 12.7. The molecule has 0 spiro atoms. The molecule has 180 valence electrons. The summed E-state index contributed by atoms with van der Waals surface area (Å²) in [5.74, 6) is 1.18. The molecular formula is C29H33N5O. The molecule has 1 saturated heterocycles. The molecule has 3 atom stereocenters. The van der Waals surface area contributed by atoms with Gasteiger partial charge in [-0.05, 0) is 85.3 Å². The first kappa shape index (κ1) is 23.2. The molecule has 0 radical (unpaired) electrons. The maximum absolute atomic E-state index is 9.59. The smallest absolute Gasteiger partial charge is 0.126 e. The molecule has 2 heterocycles. The number of hydrogen-bond acceptors (Lipinski definition) is 6. The van der Waals surface area contributed by atoms with E-state index < -0.39 is 0 Å². The number of benzene rings is 2. The van der Waals surface area contributed by atoms with E-state index in [-0.39, 0.29) is 5.75 Å². The van der Waals surface area contributed by atoms with Gasteiger partial charge in [0, 0.05) is 43.1 Å². The molecule has 3 unspecified atom stereocenters. The van der Waals surface area contributed by atoms with Gasteiger partial charge in [0.1, 0.15) is 11.6 Å². The predicted molar refractivity (Wildman–Crippen MR) is 141 cm³/mol. The van der Waals surface area contributed by atoms with Crippen LogP contribution in [0.2, 0.25) is 0 Å². The summed E-state index contributed by atoms with van der Waals surface area (Å²) < 4.78 is 0. The zero-order valence-corrected chi connectivity index (χ0v) is 20.0. The van der Waals surface area contributed by atoms with Crippen molar-refractivity contribution >= 4 is 11.5 Å². The van der Waals surface area contributed by atoms with Crippen LogP contribution in [0.4, 0.5) is 11.5 Å². The number of phenolic OH excluding ortho intramolecular Hbond substituents is 1. The zero-order chi connectivity index (χ0) is 24.0. The summed E-state index contributed by atoms with van der Waals surface area (Å²) in [4.78, 5) is 7.04. The van der Waals surface area contributed by atoms with Crippen molar-refractivity contribution in [2.24, 2.45) is 0 Å². The molecule has 1 aromatic heterocycles. The average Bonchev–Trinajstić information content (AvgIpc) is 2.91. The Kier molecular flexibility index (Phi) is 7.15. The lowest BCUT2D eigenvalue weighted by Gasteiger charge is -2.40. The van der Waals surface area contributed by atoms with Crippen LogP contribution in [0, 0.1) is 11.3 Å². The highest BCUT2D eigenvalue weighted by Gasteiger charge is 2.29. The van der Waals surface area contributed by atoms with Gasteiger partial charge < -0.3 is 20.6 Å². The number of nitriles is 1. The van der Waals surface area contributed by atoms with Crippen LogP contribution in [0.3, 0.4) is 0 Å². The molecule has 6 nitrogen and oxygen atoms in total. The third kappa shape index (κ3) is 5.75. The first-order chi connectivity index (χ1) is 17.2. The van der Waals surface area contributed by atoms with Crippen molar-refractivity contribution < 1.29 is 5.11 Å². The third-order valence-corrected chi connectivity index (χ3v) is 7.29. The third-order valence-electron chi connectivity index (χ3n) is 7.29. The average molecular weight is 468 g/mol. The van der Waals surface area contributed by atoms with E-state index in [0.717, 1.165) is 36.5 Å². The summed E-state index contributed by atoms with van der Waals surface area (Å²) >= 11 is 0. The minimum atomic E-state index is 0.276. The van der Waals surface area contributed by atoms with Crippen molar-refractivity contribution in [1.29, 1.82) is 5.26 Å². The van der Waals surface area contributed by atoms with Gasteiger partial charge in [0.15, 0.2) is 0 Å². The lowest BCUT2D eigenvalue weighted by molar-refractivity contribution is 0.293. The number of piperidine rings is 1. The minimum Gasteiger partial charge on any atom is -0.508 e. The molecule has 1 aliphatic carbocycles. The van der Waals surface area contributed by atoms with Gasteiger partial charge >= 0.3 is 0 Å². The second kappa shape index (κ2) is 10.8. The van der Waals surface area contributed by atoms with Crippen molar-refractivity contribution in [2.45, 2.75) is 56.7 Å². The van der Waals surface area contributed by atoms with Gasteiger partial charge in [-0.3, -0.25) is 0 Å². The van der Waals surface area contributed by atoms with Gasteiger partial charge in [0.05, 0.1) is 11.6 Å². The van der Waals surface area contributed by atoms with E-state index in [0.29, 0.717) is 23.7 Å². The van der Waals surface area contributed by atoms with Gasteiger partial charge in [0.2, 0.25) is 0 Å². The maximum atomic E-state index is 9.59. The molecule has 0 amide bonds. The Morgan fingerprint density at radius 3 is 2.43 bits per heavy atom. The first-order valence-corrected chi connectivity index (χ1v) is 12.7. The number of aromatic nitrogens is 1. The van der Waals surface area contributed by atoms with E-state index in [2.05, 4.69) is 44.8 Å². The van der Waals surface area contributed by atoms with E-state index in [1.54, 1.807) is 12.1 Å². The van der Waals surface area contributed by atoms with E-state index in [1.807, 2.05) is 36.5 Å². The Balaban J connectivity index is 1.24. The van der Waals surface area contributed by atoms with Crippen molar-refractivity contribution in [1.82, 2.24) is 10.3 Å².